The Morgan fingerprint density at radius 3 is 2.83 bits per heavy atom. The van der Waals surface area contributed by atoms with Crippen molar-refractivity contribution in [2.24, 2.45) is 0 Å². The van der Waals surface area contributed by atoms with E-state index in [1.807, 2.05) is 24.3 Å². The first-order chi connectivity index (χ1) is 11.1. The summed E-state index contributed by atoms with van der Waals surface area (Å²) in [5, 5.41) is 0.930. The summed E-state index contributed by atoms with van der Waals surface area (Å²) in [7, 11) is 0. The van der Waals surface area contributed by atoms with Gasteiger partial charge in [-0.05, 0) is 30.2 Å². The molecular weight excluding hydrogens is 321 g/mol. The van der Waals surface area contributed by atoms with Crippen molar-refractivity contribution in [3.05, 3.63) is 69.1 Å². The number of H-pyrrole nitrogens is 1. The third kappa shape index (κ3) is 3.72. The number of benzene rings is 1. The van der Waals surface area contributed by atoms with E-state index in [2.05, 4.69) is 15.0 Å². The van der Waals surface area contributed by atoms with E-state index in [1.54, 1.807) is 0 Å². The van der Waals surface area contributed by atoms with Crippen LogP contribution < -0.4 is 5.56 Å². The fraction of sp³-hybridized carbons (Fsp3) is 0.188. The minimum absolute atomic E-state index is 0.0680. The summed E-state index contributed by atoms with van der Waals surface area (Å²) in [6.07, 6.45) is 0.643. The summed E-state index contributed by atoms with van der Waals surface area (Å²) in [6, 6.07) is 9.99. The number of aromatic amines is 1. The van der Waals surface area contributed by atoms with Crippen molar-refractivity contribution < 1.29 is 9.13 Å². The molecule has 0 aliphatic carbocycles. The SMILES string of the molecule is O=c1[nH]c(COCCc2ccccc2Cl)nc2nc(F)ccc12. The van der Waals surface area contributed by atoms with Gasteiger partial charge in [0, 0.05) is 5.02 Å². The molecule has 1 N–H and O–H groups in total. The largest absolute Gasteiger partial charge is 0.373 e. The molecular formula is C16H13ClFN3O2. The Morgan fingerprint density at radius 2 is 2.00 bits per heavy atom. The van der Waals surface area contributed by atoms with Crippen LogP contribution in [-0.4, -0.2) is 21.6 Å². The summed E-state index contributed by atoms with van der Waals surface area (Å²) in [5.74, 6) is -0.374. The number of aromatic nitrogens is 3. The van der Waals surface area contributed by atoms with E-state index in [9.17, 15) is 9.18 Å². The average molecular weight is 334 g/mol. The zero-order chi connectivity index (χ0) is 16.2. The highest BCUT2D eigenvalue weighted by molar-refractivity contribution is 6.31. The predicted molar refractivity (Wildman–Crippen MR) is 84.9 cm³/mol. The molecule has 0 aliphatic heterocycles. The van der Waals surface area contributed by atoms with Gasteiger partial charge >= 0.3 is 0 Å². The Kier molecular flexibility index (Phi) is 4.64. The lowest BCUT2D eigenvalue weighted by molar-refractivity contribution is 0.118. The first-order valence-corrected chi connectivity index (χ1v) is 7.38. The number of pyridine rings is 1. The smallest absolute Gasteiger partial charge is 0.260 e. The Labute approximate surface area is 136 Å². The van der Waals surface area contributed by atoms with Gasteiger partial charge in [-0.3, -0.25) is 4.79 Å². The van der Waals surface area contributed by atoms with Crippen LogP contribution in [0.3, 0.4) is 0 Å². The van der Waals surface area contributed by atoms with Crippen molar-refractivity contribution in [3.63, 3.8) is 0 Å². The molecule has 1 aromatic carbocycles. The van der Waals surface area contributed by atoms with Crippen LogP contribution >= 0.6 is 11.6 Å². The average Bonchev–Trinajstić information content (AvgIpc) is 2.52. The van der Waals surface area contributed by atoms with E-state index in [0.717, 1.165) is 11.6 Å². The number of nitrogens with one attached hydrogen (secondary N) is 1. The standard InChI is InChI=1S/C16H13ClFN3O2/c17-12-4-2-1-3-10(12)7-8-23-9-14-20-15-11(16(22)21-14)5-6-13(18)19-15/h1-6H,7-9H2,(H,19,20,21,22). The van der Waals surface area contributed by atoms with Gasteiger partial charge in [0.15, 0.2) is 5.65 Å². The van der Waals surface area contributed by atoms with Crippen molar-refractivity contribution in [2.75, 3.05) is 6.61 Å². The molecule has 0 bridgehead atoms. The van der Waals surface area contributed by atoms with E-state index < -0.39 is 5.95 Å². The zero-order valence-electron chi connectivity index (χ0n) is 12.1. The minimum Gasteiger partial charge on any atom is -0.373 e. The van der Waals surface area contributed by atoms with Crippen LogP contribution in [0.2, 0.25) is 5.02 Å². The number of hydrogen-bond donors (Lipinski definition) is 1. The zero-order valence-corrected chi connectivity index (χ0v) is 12.8. The van der Waals surface area contributed by atoms with Crippen molar-refractivity contribution in [1.82, 2.24) is 15.0 Å². The van der Waals surface area contributed by atoms with E-state index in [4.69, 9.17) is 16.3 Å². The van der Waals surface area contributed by atoms with Crippen LogP contribution in [0.15, 0.2) is 41.2 Å². The van der Waals surface area contributed by atoms with Crippen molar-refractivity contribution >= 4 is 22.6 Å². The maximum atomic E-state index is 13.1. The van der Waals surface area contributed by atoms with Crippen molar-refractivity contribution in [2.45, 2.75) is 13.0 Å². The van der Waals surface area contributed by atoms with Gasteiger partial charge in [0.05, 0.1) is 12.0 Å². The number of fused-ring (bicyclic) bond motifs is 1. The minimum atomic E-state index is -0.679. The molecule has 3 rings (SSSR count). The molecule has 2 aromatic heterocycles. The van der Waals surface area contributed by atoms with Crippen LogP contribution in [0.5, 0.6) is 0 Å². The van der Waals surface area contributed by atoms with Crippen LogP contribution in [0.1, 0.15) is 11.4 Å². The Morgan fingerprint density at radius 1 is 1.17 bits per heavy atom. The summed E-state index contributed by atoms with van der Waals surface area (Å²) in [4.78, 5) is 22.2. The van der Waals surface area contributed by atoms with Crippen molar-refractivity contribution in [1.29, 1.82) is 0 Å². The monoisotopic (exact) mass is 333 g/mol. The highest BCUT2D eigenvalue weighted by Crippen LogP contribution is 2.15. The summed E-state index contributed by atoms with van der Waals surface area (Å²) >= 11 is 6.06. The molecule has 3 aromatic rings. The van der Waals surface area contributed by atoms with Gasteiger partial charge in [0.1, 0.15) is 12.4 Å². The number of ether oxygens (including phenoxy) is 1. The van der Waals surface area contributed by atoms with Crippen molar-refractivity contribution in [3.8, 4) is 0 Å². The fourth-order valence-corrected chi connectivity index (χ4v) is 2.39. The lowest BCUT2D eigenvalue weighted by Crippen LogP contribution is -2.14. The first-order valence-electron chi connectivity index (χ1n) is 7.00. The van der Waals surface area contributed by atoms with E-state index in [-0.39, 0.29) is 23.2 Å². The van der Waals surface area contributed by atoms with E-state index >= 15 is 0 Å². The Hall–Kier alpha value is -2.31. The molecule has 23 heavy (non-hydrogen) atoms. The molecule has 2 heterocycles. The second-order valence-corrected chi connectivity index (χ2v) is 5.32. The number of rotatable bonds is 5. The summed E-state index contributed by atoms with van der Waals surface area (Å²) < 4.78 is 18.6. The molecule has 0 spiro atoms. The maximum absolute atomic E-state index is 13.1. The molecule has 0 amide bonds. The second-order valence-electron chi connectivity index (χ2n) is 4.91. The predicted octanol–water partition coefficient (Wildman–Crippen LogP) is 2.87. The Bertz CT molecular complexity index is 898. The maximum Gasteiger partial charge on any atom is 0.260 e. The third-order valence-corrected chi connectivity index (χ3v) is 3.67. The van der Waals surface area contributed by atoms with Gasteiger partial charge in [-0.2, -0.15) is 9.37 Å². The van der Waals surface area contributed by atoms with E-state index in [0.29, 0.717) is 23.9 Å². The molecule has 0 aliphatic rings. The normalized spacial score (nSPS) is 11.0. The van der Waals surface area contributed by atoms with Crippen LogP contribution in [0, 0.1) is 5.95 Å². The number of halogens is 2. The van der Waals surface area contributed by atoms with E-state index in [1.165, 1.54) is 6.07 Å². The second kappa shape index (κ2) is 6.85. The Balaban J connectivity index is 1.65. The molecule has 0 saturated heterocycles. The van der Waals surface area contributed by atoms with Gasteiger partial charge in [-0.15, -0.1) is 0 Å². The highest BCUT2D eigenvalue weighted by Gasteiger charge is 2.07. The van der Waals surface area contributed by atoms with Gasteiger partial charge < -0.3 is 9.72 Å². The van der Waals surface area contributed by atoms with Gasteiger partial charge in [0.2, 0.25) is 5.95 Å². The van der Waals surface area contributed by atoms with Gasteiger partial charge in [-0.25, -0.2) is 4.98 Å². The topological polar surface area (TPSA) is 67.9 Å². The molecule has 0 fully saturated rings. The molecule has 7 heteroatoms. The molecule has 0 atom stereocenters. The molecule has 0 saturated carbocycles. The lowest BCUT2D eigenvalue weighted by Gasteiger charge is -2.06. The van der Waals surface area contributed by atoms with Crippen LogP contribution in [0.25, 0.3) is 11.0 Å². The van der Waals surface area contributed by atoms with Gasteiger partial charge in [0.25, 0.3) is 5.56 Å². The molecule has 0 unspecified atom stereocenters. The number of nitrogens with zero attached hydrogens (tertiary/aromatic N) is 2. The first kappa shape index (κ1) is 15.6. The molecule has 118 valence electrons. The quantitative estimate of drug-likeness (QED) is 0.576. The molecule has 5 nitrogen and oxygen atoms in total. The third-order valence-electron chi connectivity index (χ3n) is 3.30. The summed E-state index contributed by atoms with van der Waals surface area (Å²) in [5.41, 5.74) is 0.684. The van der Waals surface area contributed by atoms with Gasteiger partial charge in [-0.1, -0.05) is 29.8 Å². The lowest BCUT2D eigenvalue weighted by atomic mass is 10.2. The highest BCUT2D eigenvalue weighted by atomic mass is 35.5. The summed E-state index contributed by atoms with van der Waals surface area (Å²) in [6.45, 7) is 0.524. The van der Waals surface area contributed by atoms with Crippen LogP contribution in [-0.2, 0) is 17.8 Å². The molecule has 0 radical (unpaired) electrons. The fourth-order valence-electron chi connectivity index (χ4n) is 2.16. The number of hydrogen-bond acceptors (Lipinski definition) is 4. The van der Waals surface area contributed by atoms with Crippen LogP contribution in [0.4, 0.5) is 4.39 Å².